The molecule has 108 valence electrons. The molecule has 8 heteroatoms. The number of aliphatic carboxylic acids is 1. The van der Waals surface area contributed by atoms with Crippen molar-refractivity contribution < 1.29 is 22.7 Å². The lowest BCUT2D eigenvalue weighted by molar-refractivity contribution is -0.140. The molecule has 0 bridgehead atoms. The highest BCUT2D eigenvalue weighted by molar-refractivity contribution is 7.89. The number of carbonyl (C=O) groups is 1. The van der Waals surface area contributed by atoms with Crippen molar-refractivity contribution in [1.82, 2.24) is 4.72 Å². The molecule has 0 aliphatic heterocycles. The maximum absolute atomic E-state index is 12.9. The van der Waals surface area contributed by atoms with Crippen LogP contribution < -0.4 is 4.72 Å². The average molecular weight is 320 g/mol. The third kappa shape index (κ3) is 3.17. The zero-order valence-electron chi connectivity index (χ0n) is 10.1. The zero-order chi connectivity index (χ0) is 14.9. The van der Waals surface area contributed by atoms with Crippen molar-refractivity contribution in [2.24, 2.45) is 5.92 Å². The summed E-state index contributed by atoms with van der Waals surface area (Å²) in [6.45, 7) is 0. The molecular formula is C12H11ClFNO4S. The summed E-state index contributed by atoms with van der Waals surface area (Å²) in [5.74, 6) is -2.37. The first-order chi connectivity index (χ1) is 9.29. The first-order valence-corrected chi connectivity index (χ1v) is 7.54. The van der Waals surface area contributed by atoms with E-state index in [4.69, 9.17) is 16.7 Å². The van der Waals surface area contributed by atoms with Crippen molar-refractivity contribution in [2.75, 3.05) is 0 Å². The van der Waals surface area contributed by atoms with Gasteiger partial charge in [0.15, 0.2) is 0 Å². The van der Waals surface area contributed by atoms with Crippen LogP contribution >= 0.6 is 11.6 Å². The van der Waals surface area contributed by atoms with Crippen molar-refractivity contribution >= 4 is 27.6 Å². The monoisotopic (exact) mass is 319 g/mol. The molecule has 0 spiro atoms. The molecule has 0 fully saturated rings. The molecule has 2 unspecified atom stereocenters. The zero-order valence-corrected chi connectivity index (χ0v) is 11.7. The van der Waals surface area contributed by atoms with Gasteiger partial charge in [0.1, 0.15) is 10.7 Å². The third-order valence-electron chi connectivity index (χ3n) is 2.89. The topological polar surface area (TPSA) is 83.5 Å². The van der Waals surface area contributed by atoms with Crippen molar-refractivity contribution in [2.45, 2.75) is 17.4 Å². The van der Waals surface area contributed by atoms with Gasteiger partial charge < -0.3 is 5.11 Å². The second-order valence-corrected chi connectivity index (χ2v) is 6.46. The fourth-order valence-corrected chi connectivity index (χ4v) is 3.66. The van der Waals surface area contributed by atoms with Crippen LogP contribution in [0.25, 0.3) is 0 Å². The number of nitrogens with one attached hydrogen (secondary N) is 1. The first kappa shape index (κ1) is 15.0. The van der Waals surface area contributed by atoms with Crippen LogP contribution in [0.15, 0.2) is 35.2 Å². The third-order valence-corrected chi connectivity index (χ3v) is 4.86. The highest BCUT2D eigenvalue weighted by Gasteiger charge is 2.28. The number of rotatable bonds is 4. The second kappa shape index (κ2) is 5.51. The Morgan fingerprint density at radius 2 is 2.10 bits per heavy atom. The van der Waals surface area contributed by atoms with Gasteiger partial charge >= 0.3 is 5.97 Å². The molecule has 20 heavy (non-hydrogen) atoms. The largest absolute Gasteiger partial charge is 0.481 e. The Morgan fingerprint density at radius 1 is 1.40 bits per heavy atom. The molecule has 0 aromatic heterocycles. The van der Waals surface area contributed by atoms with Gasteiger partial charge in [0.05, 0.1) is 10.9 Å². The Balaban J connectivity index is 2.17. The normalized spacial score (nSPS) is 22.1. The highest BCUT2D eigenvalue weighted by Crippen LogP contribution is 2.24. The average Bonchev–Trinajstić information content (AvgIpc) is 2.76. The van der Waals surface area contributed by atoms with Crippen LogP contribution in [0, 0.1) is 11.7 Å². The molecule has 0 saturated carbocycles. The Bertz CT molecular complexity index is 674. The van der Waals surface area contributed by atoms with Gasteiger partial charge in [-0.1, -0.05) is 23.8 Å². The van der Waals surface area contributed by atoms with Crippen LogP contribution in [-0.2, 0) is 14.8 Å². The number of hydrogen-bond donors (Lipinski definition) is 2. The van der Waals surface area contributed by atoms with Gasteiger partial charge in [-0.15, -0.1) is 0 Å². The van der Waals surface area contributed by atoms with E-state index in [1.54, 1.807) is 0 Å². The van der Waals surface area contributed by atoms with E-state index in [2.05, 4.69) is 4.72 Å². The lowest BCUT2D eigenvalue weighted by Crippen LogP contribution is -2.33. The van der Waals surface area contributed by atoms with Crippen LogP contribution in [0.4, 0.5) is 4.39 Å². The van der Waals surface area contributed by atoms with Crippen LogP contribution in [0.2, 0.25) is 5.02 Å². The summed E-state index contributed by atoms with van der Waals surface area (Å²) in [4.78, 5) is 10.5. The minimum Gasteiger partial charge on any atom is -0.481 e. The standard InChI is InChI=1S/C12H11ClFNO4S/c13-10-6-8(14)2-4-11(10)20(18,19)15-9-3-1-7(5-9)12(16)17/h1-4,6-7,9,15H,5H2,(H,16,17). The molecule has 0 radical (unpaired) electrons. The molecular weight excluding hydrogens is 309 g/mol. The molecule has 1 aromatic rings. The minimum absolute atomic E-state index is 0.132. The maximum Gasteiger partial charge on any atom is 0.310 e. The predicted molar refractivity (Wildman–Crippen MR) is 70.4 cm³/mol. The molecule has 5 nitrogen and oxygen atoms in total. The van der Waals surface area contributed by atoms with E-state index in [-0.39, 0.29) is 16.3 Å². The van der Waals surface area contributed by atoms with Crippen molar-refractivity contribution in [1.29, 1.82) is 0 Å². The van der Waals surface area contributed by atoms with E-state index in [0.717, 1.165) is 18.2 Å². The Labute approximate surface area is 120 Å². The summed E-state index contributed by atoms with van der Waals surface area (Å²) in [5.41, 5.74) is 0. The molecule has 2 atom stereocenters. The summed E-state index contributed by atoms with van der Waals surface area (Å²) < 4.78 is 39.4. The Morgan fingerprint density at radius 3 is 2.65 bits per heavy atom. The van der Waals surface area contributed by atoms with Gasteiger partial charge in [-0.05, 0) is 24.6 Å². The molecule has 1 aromatic carbocycles. The number of hydrogen-bond acceptors (Lipinski definition) is 3. The van der Waals surface area contributed by atoms with Crippen LogP contribution in [-0.4, -0.2) is 25.5 Å². The summed E-state index contributed by atoms with van der Waals surface area (Å²) in [6.07, 6.45) is 3.04. The van der Waals surface area contributed by atoms with Crippen molar-refractivity contribution in [3.05, 3.63) is 41.2 Å². The van der Waals surface area contributed by atoms with E-state index in [1.807, 2.05) is 0 Å². The SMILES string of the molecule is O=C(O)C1C=CC(NS(=O)(=O)c2ccc(F)cc2Cl)C1. The Hall–Kier alpha value is -1.44. The molecule has 1 aliphatic rings. The summed E-state index contributed by atoms with van der Waals surface area (Å²) in [5, 5.41) is 8.60. The van der Waals surface area contributed by atoms with Crippen molar-refractivity contribution in [3.63, 3.8) is 0 Å². The van der Waals surface area contributed by atoms with Crippen LogP contribution in [0.3, 0.4) is 0 Å². The van der Waals surface area contributed by atoms with Gasteiger partial charge in [0.25, 0.3) is 0 Å². The van der Waals surface area contributed by atoms with Crippen LogP contribution in [0.1, 0.15) is 6.42 Å². The molecule has 2 rings (SSSR count). The van der Waals surface area contributed by atoms with Gasteiger partial charge in [-0.3, -0.25) is 4.79 Å². The number of sulfonamides is 1. The van der Waals surface area contributed by atoms with E-state index in [0.29, 0.717) is 0 Å². The quantitative estimate of drug-likeness (QED) is 0.829. The van der Waals surface area contributed by atoms with Gasteiger partial charge in [0, 0.05) is 6.04 Å². The molecule has 0 heterocycles. The molecule has 0 saturated heterocycles. The van der Waals surface area contributed by atoms with Crippen LogP contribution in [0.5, 0.6) is 0 Å². The van der Waals surface area contributed by atoms with Gasteiger partial charge in [-0.25, -0.2) is 17.5 Å². The summed E-state index contributed by atoms with van der Waals surface area (Å²) in [7, 11) is -3.93. The number of benzene rings is 1. The lowest BCUT2D eigenvalue weighted by atomic mass is 10.1. The van der Waals surface area contributed by atoms with E-state index in [1.165, 1.54) is 12.2 Å². The smallest absolute Gasteiger partial charge is 0.310 e. The molecule has 1 aliphatic carbocycles. The second-order valence-electron chi connectivity index (χ2n) is 4.37. The van der Waals surface area contributed by atoms with Crippen molar-refractivity contribution in [3.8, 4) is 0 Å². The highest BCUT2D eigenvalue weighted by atomic mass is 35.5. The van der Waals surface area contributed by atoms with E-state index in [9.17, 15) is 17.6 Å². The number of carboxylic acid groups (broad SMARTS) is 1. The lowest BCUT2D eigenvalue weighted by Gasteiger charge is -2.13. The molecule has 2 N–H and O–H groups in total. The first-order valence-electron chi connectivity index (χ1n) is 5.68. The van der Waals surface area contributed by atoms with Gasteiger partial charge in [0.2, 0.25) is 10.0 Å². The fourth-order valence-electron chi connectivity index (χ4n) is 1.93. The number of halogens is 2. The van der Waals surface area contributed by atoms with E-state index < -0.39 is 33.8 Å². The maximum atomic E-state index is 12.9. The summed E-state index contributed by atoms with van der Waals surface area (Å²) >= 11 is 5.71. The summed E-state index contributed by atoms with van der Waals surface area (Å²) in [6, 6.07) is 2.33. The predicted octanol–water partition coefficient (Wildman–Crippen LogP) is 1.79. The number of carboxylic acids is 1. The molecule has 0 amide bonds. The van der Waals surface area contributed by atoms with E-state index >= 15 is 0 Å². The minimum atomic E-state index is -3.93. The van der Waals surface area contributed by atoms with Gasteiger partial charge in [-0.2, -0.15) is 0 Å². The fraction of sp³-hybridized carbons (Fsp3) is 0.250. The Kier molecular flexibility index (Phi) is 4.12.